The summed E-state index contributed by atoms with van der Waals surface area (Å²) < 4.78 is 10.8. The van der Waals surface area contributed by atoms with Crippen molar-refractivity contribution < 1.29 is 13.6 Å². The standard InChI is InChI=1S/C21H22N2O3/c24-21(22-13-16-8-9-17-4-1-5-18(17)12-16)23(14-19-6-2-10-25-19)15-20-7-3-11-26-20/h2-3,6-12H,1,4-5,13-15H2,(H,22,24). The smallest absolute Gasteiger partial charge is 0.318 e. The minimum absolute atomic E-state index is 0.140. The predicted molar refractivity (Wildman–Crippen MR) is 97.4 cm³/mol. The normalized spacial score (nSPS) is 12.8. The minimum atomic E-state index is -0.140. The summed E-state index contributed by atoms with van der Waals surface area (Å²) in [7, 11) is 0. The second kappa shape index (κ2) is 7.52. The molecule has 0 bridgehead atoms. The van der Waals surface area contributed by atoms with Crippen LogP contribution < -0.4 is 5.32 Å². The molecule has 4 rings (SSSR count). The molecule has 26 heavy (non-hydrogen) atoms. The number of furan rings is 2. The van der Waals surface area contributed by atoms with Crippen LogP contribution in [0.2, 0.25) is 0 Å². The Morgan fingerprint density at radius 3 is 2.31 bits per heavy atom. The lowest BCUT2D eigenvalue weighted by atomic mass is 10.1. The molecule has 0 saturated carbocycles. The van der Waals surface area contributed by atoms with Gasteiger partial charge in [-0.3, -0.25) is 0 Å². The van der Waals surface area contributed by atoms with Gasteiger partial charge < -0.3 is 19.1 Å². The number of aryl methyl sites for hydroxylation is 2. The van der Waals surface area contributed by atoms with E-state index in [1.54, 1.807) is 17.4 Å². The molecular formula is C21H22N2O3. The number of benzene rings is 1. The SMILES string of the molecule is O=C(NCc1ccc2c(c1)CCC2)N(Cc1ccco1)Cc1ccco1. The van der Waals surface area contributed by atoms with Gasteiger partial charge >= 0.3 is 6.03 Å². The Balaban J connectivity index is 1.41. The van der Waals surface area contributed by atoms with E-state index in [0.717, 1.165) is 23.5 Å². The summed E-state index contributed by atoms with van der Waals surface area (Å²) in [6.45, 7) is 1.30. The highest BCUT2D eigenvalue weighted by atomic mass is 16.3. The number of fused-ring (bicyclic) bond motifs is 1. The number of carbonyl (C=O) groups is 1. The van der Waals surface area contributed by atoms with E-state index >= 15 is 0 Å². The van der Waals surface area contributed by atoms with Gasteiger partial charge in [0.2, 0.25) is 0 Å². The van der Waals surface area contributed by atoms with Crippen LogP contribution in [0.1, 0.15) is 34.6 Å². The largest absolute Gasteiger partial charge is 0.467 e. The minimum Gasteiger partial charge on any atom is -0.467 e. The monoisotopic (exact) mass is 350 g/mol. The maximum absolute atomic E-state index is 12.7. The molecule has 0 saturated heterocycles. The quantitative estimate of drug-likeness (QED) is 0.722. The average Bonchev–Trinajstić information content (AvgIpc) is 3.40. The molecule has 2 amide bonds. The van der Waals surface area contributed by atoms with Crippen LogP contribution in [0.15, 0.2) is 63.8 Å². The third-order valence-electron chi connectivity index (χ3n) is 4.75. The van der Waals surface area contributed by atoms with Crippen molar-refractivity contribution in [1.29, 1.82) is 0 Å². The molecule has 0 radical (unpaired) electrons. The third kappa shape index (κ3) is 3.82. The van der Waals surface area contributed by atoms with E-state index in [0.29, 0.717) is 19.6 Å². The number of nitrogens with one attached hydrogen (secondary N) is 1. The van der Waals surface area contributed by atoms with Crippen LogP contribution in [0.4, 0.5) is 4.79 Å². The van der Waals surface area contributed by atoms with Crippen LogP contribution in [-0.2, 0) is 32.5 Å². The number of hydrogen-bond acceptors (Lipinski definition) is 3. The molecule has 5 nitrogen and oxygen atoms in total. The van der Waals surface area contributed by atoms with E-state index < -0.39 is 0 Å². The Morgan fingerprint density at radius 2 is 1.65 bits per heavy atom. The van der Waals surface area contributed by atoms with Gasteiger partial charge in [-0.1, -0.05) is 18.2 Å². The van der Waals surface area contributed by atoms with Crippen LogP contribution in [-0.4, -0.2) is 10.9 Å². The van der Waals surface area contributed by atoms with Gasteiger partial charge in [-0.2, -0.15) is 0 Å². The summed E-state index contributed by atoms with van der Waals surface area (Å²) in [5, 5.41) is 3.02. The summed E-state index contributed by atoms with van der Waals surface area (Å²) in [6.07, 6.45) is 6.76. The second-order valence-electron chi connectivity index (χ2n) is 6.63. The number of nitrogens with zero attached hydrogens (tertiary/aromatic N) is 1. The number of amides is 2. The number of hydrogen-bond donors (Lipinski definition) is 1. The van der Waals surface area contributed by atoms with E-state index in [4.69, 9.17) is 8.83 Å². The summed E-state index contributed by atoms with van der Waals surface area (Å²) in [4.78, 5) is 14.4. The first-order chi connectivity index (χ1) is 12.8. The van der Waals surface area contributed by atoms with Crippen LogP contribution in [0.25, 0.3) is 0 Å². The lowest BCUT2D eigenvalue weighted by Crippen LogP contribution is -2.38. The van der Waals surface area contributed by atoms with Gasteiger partial charge in [-0.25, -0.2) is 4.79 Å². The molecule has 1 aromatic carbocycles. The lowest BCUT2D eigenvalue weighted by molar-refractivity contribution is 0.181. The first-order valence-corrected chi connectivity index (χ1v) is 8.96. The van der Waals surface area contributed by atoms with E-state index in [-0.39, 0.29) is 6.03 Å². The fourth-order valence-corrected chi connectivity index (χ4v) is 3.41. The molecule has 5 heteroatoms. The topological polar surface area (TPSA) is 58.6 Å². The summed E-state index contributed by atoms with van der Waals surface area (Å²) in [6, 6.07) is 13.7. The highest BCUT2D eigenvalue weighted by Crippen LogP contribution is 2.22. The molecule has 1 aliphatic rings. The second-order valence-corrected chi connectivity index (χ2v) is 6.63. The zero-order valence-electron chi connectivity index (χ0n) is 14.6. The molecular weight excluding hydrogens is 328 g/mol. The Kier molecular flexibility index (Phi) is 4.78. The molecule has 134 valence electrons. The highest BCUT2D eigenvalue weighted by molar-refractivity contribution is 5.74. The molecule has 0 unspecified atom stereocenters. The summed E-state index contributed by atoms with van der Waals surface area (Å²) in [5.74, 6) is 1.48. The van der Waals surface area contributed by atoms with Crippen molar-refractivity contribution in [3.05, 3.63) is 83.2 Å². The summed E-state index contributed by atoms with van der Waals surface area (Å²) in [5.41, 5.74) is 3.99. The average molecular weight is 350 g/mol. The van der Waals surface area contributed by atoms with Crippen LogP contribution in [0, 0.1) is 0 Å². The van der Waals surface area contributed by atoms with Crippen molar-refractivity contribution in [2.45, 2.75) is 38.9 Å². The Morgan fingerprint density at radius 1 is 0.962 bits per heavy atom. The van der Waals surface area contributed by atoms with Gasteiger partial charge in [0.05, 0.1) is 25.6 Å². The number of carbonyl (C=O) groups excluding carboxylic acids is 1. The van der Waals surface area contributed by atoms with Crippen molar-refractivity contribution in [3.8, 4) is 0 Å². The zero-order valence-corrected chi connectivity index (χ0v) is 14.6. The first kappa shape index (κ1) is 16.5. The maximum Gasteiger partial charge on any atom is 0.318 e. The fourth-order valence-electron chi connectivity index (χ4n) is 3.41. The molecule has 0 atom stereocenters. The molecule has 3 aromatic rings. The molecule has 1 N–H and O–H groups in total. The van der Waals surface area contributed by atoms with Gasteiger partial charge in [-0.15, -0.1) is 0 Å². The highest BCUT2D eigenvalue weighted by Gasteiger charge is 2.17. The molecule has 2 aromatic heterocycles. The first-order valence-electron chi connectivity index (χ1n) is 8.96. The van der Waals surface area contributed by atoms with Crippen molar-refractivity contribution in [2.75, 3.05) is 0 Å². The predicted octanol–water partition coefficient (Wildman–Crippen LogP) is 4.27. The van der Waals surface area contributed by atoms with Crippen molar-refractivity contribution in [3.63, 3.8) is 0 Å². The van der Waals surface area contributed by atoms with Crippen LogP contribution in [0.3, 0.4) is 0 Å². The third-order valence-corrected chi connectivity index (χ3v) is 4.75. The molecule has 0 aliphatic heterocycles. The van der Waals surface area contributed by atoms with Gasteiger partial charge in [0, 0.05) is 6.54 Å². The molecule has 0 spiro atoms. The lowest BCUT2D eigenvalue weighted by Gasteiger charge is -2.21. The maximum atomic E-state index is 12.7. The molecule has 0 fully saturated rings. The number of urea groups is 1. The van der Waals surface area contributed by atoms with E-state index in [2.05, 4.69) is 23.5 Å². The van der Waals surface area contributed by atoms with E-state index in [1.165, 1.54) is 24.0 Å². The van der Waals surface area contributed by atoms with Gasteiger partial charge in [0.25, 0.3) is 0 Å². The Bertz CT molecular complexity index is 817. The van der Waals surface area contributed by atoms with E-state index in [1.807, 2.05) is 24.3 Å². The van der Waals surface area contributed by atoms with Crippen LogP contribution >= 0.6 is 0 Å². The molecule has 2 heterocycles. The Hall–Kier alpha value is -2.95. The summed E-state index contributed by atoms with van der Waals surface area (Å²) >= 11 is 0. The Labute approximate surface area is 152 Å². The van der Waals surface area contributed by atoms with Gasteiger partial charge in [0.15, 0.2) is 0 Å². The van der Waals surface area contributed by atoms with Crippen LogP contribution in [0.5, 0.6) is 0 Å². The van der Waals surface area contributed by atoms with Gasteiger partial charge in [-0.05, 0) is 60.2 Å². The van der Waals surface area contributed by atoms with Gasteiger partial charge in [0.1, 0.15) is 11.5 Å². The number of rotatable bonds is 6. The van der Waals surface area contributed by atoms with Crippen molar-refractivity contribution >= 4 is 6.03 Å². The molecule has 1 aliphatic carbocycles. The fraction of sp³-hybridized carbons (Fsp3) is 0.286. The van der Waals surface area contributed by atoms with Crippen molar-refractivity contribution in [2.24, 2.45) is 0 Å². The van der Waals surface area contributed by atoms with E-state index in [9.17, 15) is 4.79 Å². The zero-order chi connectivity index (χ0) is 17.8. The van der Waals surface area contributed by atoms with Crippen molar-refractivity contribution in [1.82, 2.24) is 10.2 Å².